The molecule has 0 radical (unpaired) electrons. The molecule has 0 atom stereocenters. The van der Waals surface area contributed by atoms with E-state index in [1.54, 1.807) is 24.8 Å². The minimum atomic E-state index is 0.602. The standard InChI is InChI=1S/C22H24N8/c1-2-3-4-10-24-18-6-5-7-19(13-18)30-22-20(15-28-30)21(25-16-26-22)29-27-14-17-8-11-23-12-9-17/h5-9,11-16,24H,2-4,10H2,1H3,(H,25,26,29). The van der Waals surface area contributed by atoms with Gasteiger partial charge in [-0.05, 0) is 42.3 Å². The fraction of sp³-hybridized carbons (Fsp3) is 0.227. The Balaban J connectivity index is 1.54. The van der Waals surface area contributed by atoms with Crippen molar-refractivity contribution in [2.45, 2.75) is 26.2 Å². The molecule has 0 spiro atoms. The van der Waals surface area contributed by atoms with Gasteiger partial charge in [0.2, 0.25) is 0 Å². The molecule has 0 aliphatic rings. The summed E-state index contributed by atoms with van der Waals surface area (Å²) in [6.07, 6.45) is 12.0. The van der Waals surface area contributed by atoms with Crippen molar-refractivity contribution in [2.75, 3.05) is 17.3 Å². The first kappa shape index (κ1) is 19.5. The molecule has 4 rings (SSSR count). The number of pyridine rings is 1. The third-order valence-electron chi connectivity index (χ3n) is 4.66. The molecule has 0 fully saturated rings. The average Bonchev–Trinajstić information content (AvgIpc) is 3.23. The largest absolute Gasteiger partial charge is 0.385 e. The van der Waals surface area contributed by atoms with E-state index in [0.717, 1.165) is 40.9 Å². The summed E-state index contributed by atoms with van der Waals surface area (Å²) >= 11 is 0. The van der Waals surface area contributed by atoms with E-state index < -0.39 is 0 Å². The van der Waals surface area contributed by atoms with Gasteiger partial charge >= 0.3 is 0 Å². The normalized spacial score (nSPS) is 11.2. The van der Waals surface area contributed by atoms with Crippen LogP contribution in [0.5, 0.6) is 0 Å². The highest BCUT2D eigenvalue weighted by molar-refractivity contribution is 5.88. The van der Waals surface area contributed by atoms with Crippen molar-refractivity contribution in [3.63, 3.8) is 0 Å². The van der Waals surface area contributed by atoms with Crippen molar-refractivity contribution < 1.29 is 0 Å². The first-order valence-corrected chi connectivity index (χ1v) is 10.1. The molecule has 0 aliphatic heterocycles. The topological polar surface area (TPSA) is 92.9 Å². The number of aromatic nitrogens is 5. The monoisotopic (exact) mass is 400 g/mol. The van der Waals surface area contributed by atoms with E-state index >= 15 is 0 Å². The molecule has 1 aromatic carbocycles. The number of hydrogen-bond donors (Lipinski definition) is 2. The number of rotatable bonds is 9. The summed E-state index contributed by atoms with van der Waals surface area (Å²) in [5.74, 6) is 0.602. The molecule has 3 aromatic heterocycles. The van der Waals surface area contributed by atoms with Crippen LogP contribution in [0.1, 0.15) is 31.7 Å². The Kier molecular flexibility index (Phi) is 6.24. The number of benzene rings is 1. The van der Waals surface area contributed by atoms with Crippen LogP contribution in [-0.4, -0.2) is 37.5 Å². The van der Waals surface area contributed by atoms with Gasteiger partial charge < -0.3 is 5.32 Å². The third-order valence-corrected chi connectivity index (χ3v) is 4.66. The molecule has 0 saturated heterocycles. The molecule has 30 heavy (non-hydrogen) atoms. The Labute approximate surface area is 175 Å². The zero-order valence-electron chi connectivity index (χ0n) is 16.9. The number of unbranched alkanes of at least 4 members (excludes halogenated alkanes) is 2. The lowest BCUT2D eigenvalue weighted by atomic mass is 10.2. The Bertz CT molecular complexity index is 1120. The number of nitrogens with one attached hydrogen (secondary N) is 2. The first-order valence-electron chi connectivity index (χ1n) is 10.1. The fourth-order valence-corrected chi connectivity index (χ4v) is 3.09. The third kappa shape index (κ3) is 4.60. The number of nitrogens with zero attached hydrogens (tertiary/aromatic N) is 6. The van der Waals surface area contributed by atoms with E-state index in [9.17, 15) is 0 Å². The zero-order valence-corrected chi connectivity index (χ0v) is 16.9. The zero-order chi connectivity index (χ0) is 20.6. The number of fused-ring (bicyclic) bond motifs is 1. The minimum absolute atomic E-state index is 0.602. The van der Waals surface area contributed by atoms with Gasteiger partial charge in [-0.3, -0.25) is 10.4 Å². The van der Waals surface area contributed by atoms with Crippen LogP contribution in [-0.2, 0) is 0 Å². The predicted molar refractivity (Wildman–Crippen MR) is 120 cm³/mol. The van der Waals surface area contributed by atoms with Gasteiger partial charge in [0, 0.05) is 24.6 Å². The number of hydrazone groups is 1. The number of anilines is 2. The molecular weight excluding hydrogens is 376 g/mol. The van der Waals surface area contributed by atoms with Crippen molar-refractivity contribution >= 4 is 28.8 Å². The van der Waals surface area contributed by atoms with Crippen LogP contribution in [0.25, 0.3) is 16.7 Å². The van der Waals surface area contributed by atoms with Crippen LogP contribution in [0.2, 0.25) is 0 Å². The summed E-state index contributed by atoms with van der Waals surface area (Å²) in [6.45, 7) is 3.17. The Morgan fingerprint density at radius 1 is 1.10 bits per heavy atom. The van der Waals surface area contributed by atoms with Crippen LogP contribution in [0, 0.1) is 0 Å². The SMILES string of the molecule is CCCCCNc1cccc(-n2ncc3c(NN=Cc4ccncc4)ncnc32)c1. The quantitative estimate of drug-likeness (QED) is 0.248. The highest BCUT2D eigenvalue weighted by Crippen LogP contribution is 2.23. The molecule has 0 bridgehead atoms. The predicted octanol–water partition coefficient (Wildman–Crippen LogP) is 4.26. The smallest absolute Gasteiger partial charge is 0.168 e. The van der Waals surface area contributed by atoms with Crippen LogP contribution in [0.3, 0.4) is 0 Å². The van der Waals surface area contributed by atoms with Gasteiger partial charge in [0.05, 0.1) is 23.5 Å². The van der Waals surface area contributed by atoms with E-state index in [4.69, 9.17) is 0 Å². The van der Waals surface area contributed by atoms with Crippen LogP contribution >= 0.6 is 0 Å². The maximum Gasteiger partial charge on any atom is 0.168 e. The first-order chi connectivity index (χ1) is 14.8. The summed E-state index contributed by atoms with van der Waals surface area (Å²) in [7, 11) is 0. The molecule has 152 valence electrons. The maximum absolute atomic E-state index is 4.53. The molecule has 2 N–H and O–H groups in total. The van der Waals surface area contributed by atoms with E-state index in [-0.39, 0.29) is 0 Å². The molecule has 0 unspecified atom stereocenters. The lowest BCUT2D eigenvalue weighted by Gasteiger charge is -2.09. The summed E-state index contributed by atoms with van der Waals surface area (Å²) in [5.41, 5.74) is 6.66. The van der Waals surface area contributed by atoms with Gasteiger partial charge in [-0.25, -0.2) is 14.6 Å². The van der Waals surface area contributed by atoms with Crippen LogP contribution < -0.4 is 10.7 Å². The lowest BCUT2D eigenvalue weighted by Crippen LogP contribution is -2.03. The molecule has 3 heterocycles. The van der Waals surface area contributed by atoms with Crippen LogP contribution in [0.15, 0.2) is 66.4 Å². The van der Waals surface area contributed by atoms with E-state index in [0.29, 0.717) is 5.82 Å². The summed E-state index contributed by atoms with van der Waals surface area (Å²) in [5, 5.41) is 13.1. The van der Waals surface area contributed by atoms with Gasteiger partial charge in [-0.2, -0.15) is 10.2 Å². The molecule has 8 heteroatoms. The highest BCUT2D eigenvalue weighted by Gasteiger charge is 2.11. The molecule has 4 aromatic rings. The minimum Gasteiger partial charge on any atom is -0.385 e. The van der Waals surface area contributed by atoms with Crippen molar-refractivity contribution in [3.8, 4) is 5.69 Å². The van der Waals surface area contributed by atoms with Crippen molar-refractivity contribution in [1.82, 2.24) is 24.7 Å². The Morgan fingerprint density at radius 2 is 2.00 bits per heavy atom. The van der Waals surface area contributed by atoms with Gasteiger partial charge in [-0.1, -0.05) is 25.8 Å². The summed E-state index contributed by atoms with van der Waals surface area (Å²) in [4.78, 5) is 12.7. The second kappa shape index (κ2) is 9.60. The second-order valence-electron chi connectivity index (χ2n) is 6.85. The van der Waals surface area contributed by atoms with Crippen molar-refractivity contribution in [1.29, 1.82) is 0 Å². The second-order valence-corrected chi connectivity index (χ2v) is 6.85. The highest BCUT2D eigenvalue weighted by atomic mass is 15.3. The fourth-order valence-electron chi connectivity index (χ4n) is 3.09. The van der Waals surface area contributed by atoms with Crippen molar-refractivity contribution in [3.05, 3.63) is 66.9 Å². The van der Waals surface area contributed by atoms with Gasteiger partial charge in [0.1, 0.15) is 6.33 Å². The summed E-state index contributed by atoms with van der Waals surface area (Å²) in [6, 6.07) is 11.9. The lowest BCUT2D eigenvalue weighted by molar-refractivity contribution is 0.743. The van der Waals surface area contributed by atoms with Crippen molar-refractivity contribution in [2.24, 2.45) is 5.10 Å². The molecule has 8 nitrogen and oxygen atoms in total. The van der Waals surface area contributed by atoms with Gasteiger partial charge in [0.15, 0.2) is 11.5 Å². The molecular formula is C22H24N8. The van der Waals surface area contributed by atoms with Gasteiger partial charge in [0.25, 0.3) is 0 Å². The molecule has 0 saturated carbocycles. The molecule has 0 amide bonds. The van der Waals surface area contributed by atoms with Crippen LogP contribution in [0.4, 0.5) is 11.5 Å². The van der Waals surface area contributed by atoms with Gasteiger partial charge in [-0.15, -0.1) is 0 Å². The molecule has 0 aliphatic carbocycles. The maximum atomic E-state index is 4.53. The number of hydrogen-bond acceptors (Lipinski definition) is 7. The average molecular weight is 400 g/mol. The Hall–Kier alpha value is -3.81. The van der Waals surface area contributed by atoms with E-state index in [1.807, 2.05) is 28.9 Å². The van der Waals surface area contributed by atoms with E-state index in [1.165, 1.54) is 19.2 Å². The Morgan fingerprint density at radius 3 is 2.87 bits per heavy atom. The summed E-state index contributed by atoms with van der Waals surface area (Å²) < 4.78 is 1.81. The van der Waals surface area contributed by atoms with E-state index in [2.05, 4.69) is 55.0 Å².